The topological polar surface area (TPSA) is 133 Å². The molecule has 1 aromatic carbocycles. The van der Waals surface area contributed by atoms with E-state index in [-0.39, 0.29) is 34.5 Å². The number of allylic oxidation sites excluding steroid dienone is 2. The number of carbonyl (C=O) groups excluding carboxylic acids is 2. The molecule has 0 aromatic heterocycles. The van der Waals surface area contributed by atoms with Gasteiger partial charge < -0.3 is 15.3 Å². The van der Waals surface area contributed by atoms with Crippen molar-refractivity contribution in [2.75, 3.05) is 19.6 Å². The molecule has 0 saturated carbocycles. The molecule has 9 nitrogen and oxygen atoms in total. The molecule has 0 bridgehead atoms. The number of carboxylic acids is 1. The van der Waals surface area contributed by atoms with Gasteiger partial charge >= 0.3 is 5.97 Å². The summed E-state index contributed by atoms with van der Waals surface area (Å²) in [5, 5.41) is 12.4. The fourth-order valence-electron chi connectivity index (χ4n) is 4.41. The number of rotatable bonds is 17. The average molecular weight is 562 g/mol. The van der Waals surface area contributed by atoms with Crippen molar-refractivity contribution in [2.24, 2.45) is 5.92 Å². The molecule has 1 heterocycles. The van der Waals surface area contributed by atoms with E-state index in [1.165, 1.54) is 37.1 Å². The van der Waals surface area contributed by atoms with E-state index in [1.807, 2.05) is 13.8 Å². The van der Waals surface area contributed by atoms with E-state index in [1.54, 1.807) is 17.0 Å². The molecular formula is C29H43N3O6S. The Labute approximate surface area is 232 Å². The van der Waals surface area contributed by atoms with Gasteiger partial charge in [0.2, 0.25) is 5.91 Å². The van der Waals surface area contributed by atoms with Crippen LogP contribution in [0.1, 0.15) is 77.7 Å². The highest BCUT2D eigenvalue weighted by atomic mass is 32.2. The minimum absolute atomic E-state index is 0.0133. The summed E-state index contributed by atoms with van der Waals surface area (Å²) >= 11 is 0. The Kier molecular flexibility index (Phi) is 13.2. The third-order valence-corrected chi connectivity index (χ3v) is 8.34. The first kappa shape index (κ1) is 32.1. The average Bonchev–Trinajstić information content (AvgIpc) is 2.91. The SMILES string of the molecule is CCCCCCCC(=O)NCCc1ccc(S(=O)(=O)NC(=O)C2=CC=C(C(=O)O)N(CC(CC)CC)C2)cc1. The Morgan fingerprint density at radius 3 is 2.26 bits per heavy atom. The number of sulfonamides is 1. The summed E-state index contributed by atoms with van der Waals surface area (Å²) in [5.74, 6) is -1.60. The molecule has 216 valence electrons. The Hall–Kier alpha value is -3.14. The van der Waals surface area contributed by atoms with Gasteiger partial charge in [0.05, 0.1) is 4.90 Å². The second-order valence-electron chi connectivity index (χ2n) is 9.95. The van der Waals surface area contributed by atoms with Crippen molar-refractivity contribution in [2.45, 2.75) is 83.5 Å². The predicted molar refractivity (Wildman–Crippen MR) is 151 cm³/mol. The smallest absolute Gasteiger partial charge is 0.352 e. The second-order valence-corrected chi connectivity index (χ2v) is 11.6. The Bertz CT molecular complexity index is 1140. The van der Waals surface area contributed by atoms with Gasteiger partial charge in [-0.2, -0.15) is 0 Å². The quantitative estimate of drug-likeness (QED) is 0.243. The Morgan fingerprint density at radius 1 is 0.974 bits per heavy atom. The molecule has 1 aromatic rings. The number of nitrogens with one attached hydrogen (secondary N) is 2. The van der Waals surface area contributed by atoms with Crippen molar-refractivity contribution in [3.05, 3.63) is 53.3 Å². The van der Waals surface area contributed by atoms with E-state index in [9.17, 15) is 27.9 Å². The molecule has 0 aliphatic carbocycles. The van der Waals surface area contributed by atoms with E-state index in [0.29, 0.717) is 25.9 Å². The lowest BCUT2D eigenvalue weighted by Crippen LogP contribution is -2.40. The highest BCUT2D eigenvalue weighted by Crippen LogP contribution is 2.21. The van der Waals surface area contributed by atoms with Gasteiger partial charge in [0.25, 0.3) is 15.9 Å². The third-order valence-electron chi connectivity index (χ3n) is 6.99. The van der Waals surface area contributed by atoms with Crippen molar-refractivity contribution in [3.8, 4) is 0 Å². The molecule has 2 amide bonds. The van der Waals surface area contributed by atoms with Crippen LogP contribution < -0.4 is 10.0 Å². The summed E-state index contributed by atoms with van der Waals surface area (Å²) < 4.78 is 27.8. The minimum Gasteiger partial charge on any atom is -0.477 e. The van der Waals surface area contributed by atoms with Gasteiger partial charge in [-0.1, -0.05) is 71.4 Å². The number of nitrogens with zero attached hydrogens (tertiary/aromatic N) is 1. The largest absolute Gasteiger partial charge is 0.477 e. The molecule has 0 spiro atoms. The molecule has 1 aliphatic heterocycles. The molecule has 10 heteroatoms. The third kappa shape index (κ3) is 10.5. The standard InChI is InChI=1S/C29H43N3O6S/c1-4-7-8-9-10-11-27(33)30-19-18-23-12-15-25(16-13-23)39(37,38)31-28(34)24-14-17-26(29(35)36)32(21-24)20-22(5-2)6-3/h12-17,22H,4-11,18-21H2,1-3H3,(H,30,33)(H,31,34)(H,35,36). The maximum atomic E-state index is 12.9. The first-order valence-electron chi connectivity index (χ1n) is 13.9. The molecule has 39 heavy (non-hydrogen) atoms. The van der Waals surface area contributed by atoms with Gasteiger partial charge in [0.1, 0.15) is 5.70 Å². The Morgan fingerprint density at radius 2 is 1.64 bits per heavy atom. The lowest BCUT2D eigenvalue weighted by Gasteiger charge is -2.31. The van der Waals surface area contributed by atoms with Crippen molar-refractivity contribution < 1.29 is 27.9 Å². The van der Waals surface area contributed by atoms with Crippen LogP contribution in [-0.2, 0) is 30.8 Å². The number of carboxylic acid groups (broad SMARTS) is 1. The van der Waals surface area contributed by atoms with Crippen LogP contribution in [0.15, 0.2) is 52.6 Å². The summed E-state index contributed by atoms with van der Waals surface area (Å²) in [6.07, 6.45) is 11.0. The van der Waals surface area contributed by atoms with Crippen LogP contribution in [0.3, 0.4) is 0 Å². The molecule has 3 N–H and O–H groups in total. The number of hydrogen-bond acceptors (Lipinski definition) is 6. The summed E-state index contributed by atoms with van der Waals surface area (Å²) in [6, 6.07) is 6.18. The van der Waals surface area contributed by atoms with Crippen molar-refractivity contribution in [1.29, 1.82) is 0 Å². The van der Waals surface area contributed by atoms with Crippen LogP contribution in [-0.4, -0.2) is 55.8 Å². The lowest BCUT2D eigenvalue weighted by molar-refractivity contribution is -0.134. The fraction of sp³-hybridized carbons (Fsp3) is 0.552. The zero-order valence-electron chi connectivity index (χ0n) is 23.4. The van der Waals surface area contributed by atoms with Crippen LogP contribution in [0.5, 0.6) is 0 Å². The van der Waals surface area contributed by atoms with Crippen LogP contribution >= 0.6 is 0 Å². The normalized spacial score (nSPS) is 13.6. The summed E-state index contributed by atoms with van der Waals surface area (Å²) in [6.45, 7) is 7.14. The number of benzene rings is 1. The molecule has 0 unspecified atom stereocenters. The van der Waals surface area contributed by atoms with Crippen LogP contribution in [0.25, 0.3) is 0 Å². The Balaban J connectivity index is 1.92. The summed E-state index contributed by atoms with van der Waals surface area (Å²) in [7, 11) is -4.12. The van der Waals surface area contributed by atoms with Gasteiger partial charge in [0.15, 0.2) is 0 Å². The van der Waals surface area contributed by atoms with E-state index in [4.69, 9.17) is 0 Å². The molecule has 1 aliphatic rings. The molecule has 0 atom stereocenters. The van der Waals surface area contributed by atoms with Gasteiger partial charge in [0, 0.05) is 31.6 Å². The van der Waals surface area contributed by atoms with Crippen LogP contribution in [0.2, 0.25) is 0 Å². The lowest BCUT2D eigenvalue weighted by atomic mass is 10.0. The number of hydrogen-bond donors (Lipinski definition) is 3. The first-order chi connectivity index (χ1) is 18.6. The molecule has 0 saturated heterocycles. The van der Waals surface area contributed by atoms with Crippen LogP contribution in [0, 0.1) is 5.92 Å². The van der Waals surface area contributed by atoms with Crippen molar-refractivity contribution in [1.82, 2.24) is 14.9 Å². The monoisotopic (exact) mass is 561 g/mol. The van der Waals surface area contributed by atoms with Gasteiger partial charge in [-0.15, -0.1) is 0 Å². The molecule has 0 radical (unpaired) electrons. The summed E-state index contributed by atoms with van der Waals surface area (Å²) in [4.78, 5) is 38.0. The van der Waals surface area contributed by atoms with E-state index >= 15 is 0 Å². The zero-order valence-corrected chi connectivity index (χ0v) is 24.2. The fourth-order valence-corrected chi connectivity index (χ4v) is 5.40. The van der Waals surface area contributed by atoms with Crippen molar-refractivity contribution >= 4 is 27.8 Å². The maximum Gasteiger partial charge on any atom is 0.352 e. The minimum atomic E-state index is -4.12. The predicted octanol–water partition coefficient (Wildman–Crippen LogP) is 4.16. The zero-order chi connectivity index (χ0) is 28.8. The molecule has 0 fully saturated rings. The van der Waals surface area contributed by atoms with E-state index in [0.717, 1.165) is 37.7 Å². The number of amides is 2. The van der Waals surface area contributed by atoms with Gasteiger partial charge in [-0.3, -0.25) is 9.59 Å². The van der Waals surface area contributed by atoms with Gasteiger partial charge in [-0.05, 0) is 48.6 Å². The molecule has 2 rings (SSSR count). The molecular weight excluding hydrogens is 518 g/mol. The van der Waals surface area contributed by atoms with Crippen LogP contribution in [0.4, 0.5) is 0 Å². The number of unbranched alkanes of at least 4 members (excludes halogenated alkanes) is 4. The highest BCUT2D eigenvalue weighted by molar-refractivity contribution is 7.90. The summed E-state index contributed by atoms with van der Waals surface area (Å²) in [5.41, 5.74) is 1.12. The van der Waals surface area contributed by atoms with Gasteiger partial charge in [-0.25, -0.2) is 17.9 Å². The number of carbonyl (C=O) groups is 3. The second kappa shape index (κ2) is 16.1. The highest BCUT2D eigenvalue weighted by Gasteiger charge is 2.27. The maximum absolute atomic E-state index is 12.9. The van der Waals surface area contributed by atoms with E-state index < -0.39 is 21.9 Å². The number of aliphatic carboxylic acids is 1. The first-order valence-corrected chi connectivity index (χ1v) is 15.4. The van der Waals surface area contributed by atoms with Crippen molar-refractivity contribution in [3.63, 3.8) is 0 Å². The van der Waals surface area contributed by atoms with E-state index in [2.05, 4.69) is 17.0 Å².